The molecule has 1 amide bonds. The first-order chi connectivity index (χ1) is 10.1. The Morgan fingerprint density at radius 2 is 1.76 bits per heavy atom. The highest BCUT2D eigenvalue weighted by Crippen LogP contribution is 2.26. The number of hydrogen-bond donors (Lipinski definition) is 1. The molecule has 0 radical (unpaired) electrons. The third kappa shape index (κ3) is 4.64. The van der Waals surface area contributed by atoms with E-state index in [-0.39, 0.29) is 5.91 Å². The lowest BCUT2D eigenvalue weighted by molar-refractivity contribution is 0.0948. The molecule has 0 spiro atoms. The summed E-state index contributed by atoms with van der Waals surface area (Å²) in [5, 5.41) is 3.45. The van der Waals surface area contributed by atoms with Crippen LogP contribution in [0.1, 0.15) is 35.3 Å². The number of nitrogens with one attached hydrogen (secondary N) is 1. The molecule has 21 heavy (non-hydrogen) atoms. The monoisotopic (exact) mass is 299 g/mol. The molecule has 0 saturated heterocycles. The van der Waals surface area contributed by atoms with Crippen molar-refractivity contribution < 1.29 is 4.79 Å². The van der Waals surface area contributed by atoms with Gasteiger partial charge in [-0.25, -0.2) is 0 Å². The second-order valence-electron chi connectivity index (χ2n) is 5.33. The molecular formula is C18H21NOS. The Balaban J connectivity index is 2.05. The van der Waals surface area contributed by atoms with Crippen molar-refractivity contribution in [3.8, 4) is 0 Å². The molecule has 1 N–H and O–H groups in total. The van der Waals surface area contributed by atoms with Gasteiger partial charge < -0.3 is 5.32 Å². The van der Waals surface area contributed by atoms with Crippen LogP contribution in [0.3, 0.4) is 0 Å². The first-order valence-electron chi connectivity index (χ1n) is 7.15. The molecule has 2 rings (SSSR count). The topological polar surface area (TPSA) is 29.1 Å². The first-order valence-corrected chi connectivity index (χ1v) is 8.03. The van der Waals surface area contributed by atoms with E-state index in [0.717, 1.165) is 16.0 Å². The van der Waals surface area contributed by atoms with Gasteiger partial charge in [0.25, 0.3) is 5.91 Å². The largest absolute Gasteiger partial charge is 0.348 e. The van der Waals surface area contributed by atoms with Gasteiger partial charge in [-0.15, -0.1) is 11.8 Å². The number of carbonyl (C=O) groups is 1. The minimum absolute atomic E-state index is 0.0145. The summed E-state index contributed by atoms with van der Waals surface area (Å²) in [6, 6.07) is 16.0. The predicted octanol–water partition coefficient (Wildman–Crippen LogP) is 4.43. The maximum absolute atomic E-state index is 12.4. The van der Waals surface area contributed by atoms with E-state index in [9.17, 15) is 4.79 Å². The van der Waals surface area contributed by atoms with Gasteiger partial charge in [0.2, 0.25) is 0 Å². The second kappa shape index (κ2) is 7.32. The van der Waals surface area contributed by atoms with Gasteiger partial charge in [0.05, 0.1) is 5.56 Å². The van der Waals surface area contributed by atoms with Crippen LogP contribution in [0.5, 0.6) is 0 Å². The Morgan fingerprint density at radius 3 is 2.43 bits per heavy atom. The number of thioether (sulfide) groups is 1. The highest BCUT2D eigenvalue weighted by atomic mass is 32.2. The van der Waals surface area contributed by atoms with Crippen LogP contribution in [-0.2, 0) is 6.54 Å². The quantitative estimate of drug-likeness (QED) is 0.828. The molecule has 2 nitrogen and oxygen atoms in total. The molecule has 2 aromatic carbocycles. The second-order valence-corrected chi connectivity index (χ2v) is 6.95. The minimum Gasteiger partial charge on any atom is -0.348 e. The summed E-state index contributed by atoms with van der Waals surface area (Å²) in [6.07, 6.45) is 0. The third-order valence-corrected chi connectivity index (χ3v) is 4.15. The van der Waals surface area contributed by atoms with Crippen molar-refractivity contribution >= 4 is 17.7 Å². The maximum Gasteiger partial charge on any atom is 0.252 e. The number of aryl methyl sites for hydroxylation is 1. The predicted molar refractivity (Wildman–Crippen MR) is 89.8 cm³/mol. The lowest BCUT2D eigenvalue weighted by Crippen LogP contribution is -2.23. The van der Waals surface area contributed by atoms with E-state index >= 15 is 0 Å². The van der Waals surface area contributed by atoms with E-state index in [0.29, 0.717) is 11.8 Å². The fraction of sp³-hybridized carbons (Fsp3) is 0.278. The number of benzene rings is 2. The summed E-state index contributed by atoms with van der Waals surface area (Å²) in [5.74, 6) is -0.0145. The van der Waals surface area contributed by atoms with Crippen molar-refractivity contribution in [3.63, 3.8) is 0 Å². The lowest BCUT2D eigenvalue weighted by Gasteiger charge is -2.11. The number of amides is 1. The SMILES string of the molecule is Cc1ccc(CNC(=O)c2ccccc2SC(C)C)cc1. The average molecular weight is 299 g/mol. The molecule has 0 bridgehead atoms. The number of rotatable bonds is 5. The molecule has 3 heteroatoms. The van der Waals surface area contributed by atoms with Crippen LogP contribution in [0.2, 0.25) is 0 Å². The standard InChI is InChI=1S/C18H21NOS/c1-13(2)21-17-7-5-4-6-16(17)18(20)19-12-15-10-8-14(3)9-11-15/h4-11,13H,12H2,1-3H3,(H,19,20). The summed E-state index contributed by atoms with van der Waals surface area (Å²) < 4.78 is 0. The van der Waals surface area contributed by atoms with Gasteiger partial charge in [-0.1, -0.05) is 55.8 Å². The summed E-state index contributed by atoms with van der Waals surface area (Å²) in [7, 11) is 0. The van der Waals surface area contributed by atoms with Crippen molar-refractivity contribution in [2.45, 2.75) is 37.5 Å². The average Bonchev–Trinajstić information content (AvgIpc) is 2.46. The molecule has 0 unspecified atom stereocenters. The van der Waals surface area contributed by atoms with Crippen LogP contribution in [0.15, 0.2) is 53.4 Å². The van der Waals surface area contributed by atoms with Crippen molar-refractivity contribution in [2.24, 2.45) is 0 Å². The zero-order valence-corrected chi connectivity index (χ0v) is 13.5. The smallest absolute Gasteiger partial charge is 0.252 e. The summed E-state index contributed by atoms with van der Waals surface area (Å²) in [5.41, 5.74) is 3.09. The fourth-order valence-electron chi connectivity index (χ4n) is 1.99. The van der Waals surface area contributed by atoms with Gasteiger partial charge in [-0.2, -0.15) is 0 Å². The Labute approximate surface area is 131 Å². The molecule has 0 fully saturated rings. The first kappa shape index (κ1) is 15.6. The molecule has 0 aliphatic rings. The minimum atomic E-state index is -0.0145. The van der Waals surface area contributed by atoms with Crippen LogP contribution in [0, 0.1) is 6.92 Å². The van der Waals surface area contributed by atoms with Crippen molar-refractivity contribution in [1.29, 1.82) is 0 Å². The van der Waals surface area contributed by atoms with Gasteiger partial charge in [0.15, 0.2) is 0 Å². The van der Waals surface area contributed by atoms with Crippen LogP contribution in [0.25, 0.3) is 0 Å². The van der Waals surface area contributed by atoms with Crippen LogP contribution in [-0.4, -0.2) is 11.2 Å². The maximum atomic E-state index is 12.4. The van der Waals surface area contributed by atoms with E-state index in [4.69, 9.17) is 0 Å². The zero-order valence-electron chi connectivity index (χ0n) is 12.7. The Kier molecular flexibility index (Phi) is 5.45. The Hall–Kier alpha value is -1.74. The van der Waals surface area contributed by atoms with Crippen LogP contribution < -0.4 is 5.32 Å². The fourth-order valence-corrected chi connectivity index (χ4v) is 2.95. The van der Waals surface area contributed by atoms with Crippen molar-refractivity contribution in [2.75, 3.05) is 0 Å². The van der Waals surface area contributed by atoms with Crippen molar-refractivity contribution in [3.05, 3.63) is 65.2 Å². The summed E-state index contributed by atoms with van der Waals surface area (Å²) >= 11 is 1.72. The van der Waals surface area contributed by atoms with Gasteiger partial charge in [-0.3, -0.25) is 4.79 Å². The van der Waals surface area contributed by atoms with E-state index in [2.05, 4.69) is 38.2 Å². The molecule has 0 atom stereocenters. The lowest BCUT2D eigenvalue weighted by atomic mass is 10.1. The van der Waals surface area contributed by atoms with E-state index < -0.39 is 0 Å². The Bertz CT molecular complexity index is 605. The third-order valence-electron chi connectivity index (χ3n) is 3.07. The summed E-state index contributed by atoms with van der Waals surface area (Å²) in [4.78, 5) is 13.4. The molecule has 0 aliphatic carbocycles. The molecule has 0 aliphatic heterocycles. The summed E-state index contributed by atoms with van der Waals surface area (Å²) in [6.45, 7) is 6.87. The highest BCUT2D eigenvalue weighted by Gasteiger charge is 2.12. The Morgan fingerprint density at radius 1 is 1.10 bits per heavy atom. The zero-order chi connectivity index (χ0) is 15.2. The molecule has 0 heterocycles. The van der Waals surface area contributed by atoms with E-state index in [1.807, 2.05) is 36.4 Å². The number of hydrogen-bond acceptors (Lipinski definition) is 2. The van der Waals surface area contributed by atoms with Gasteiger partial charge >= 0.3 is 0 Å². The van der Waals surface area contributed by atoms with E-state index in [1.165, 1.54) is 5.56 Å². The molecule has 2 aromatic rings. The van der Waals surface area contributed by atoms with Gasteiger partial charge in [-0.05, 0) is 24.6 Å². The van der Waals surface area contributed by atoms with Gasteiger partial charge in [0.1, 0.15) is 0 Å². The van der Waals surface area contributed by atoms with Gasteiger partial charge in [0, 0.05) is 16.7 Å². The number of carbonyl (C=O) groups excluding carboxylic acids is 1. The van der Waals surface area contributed by atoms with E-state index in [1.54, 1.807) is 11.8 Å². The molecular weight excluding hydrogens is 278 g/mol. The van der Waals surface area contributed by atoms with Crippen LogP contribution in [0.4, 0.5) is 0 Å². The molecule has 110 valence electrons. The van der Waals surface area contributed by atoms with Crippen LogP contribution >= 0.6 is 11.8 Å². The molecule has 0 aromatic heterocycles. The highest BCUT2D eigenvalue weighted by molar-refractivity contribution is 8.00. The molecule has 0 saturated carbocycles. The van der Waals surface area contributed by atoms with Crippen molar-refractivity contribution in [1.82, 2.24) is 5.32 Å². The normalized spacial score (nSPS) is 10.7.